The van der Waals surface area contributed by atoms with E-state index in [4.69, 9.17) is 0 Å². The topological polar surface area (TPSA) is 50.2 Å². The van der Waals surface area contributed by atoms with Gasteiger partial charge in [0.15, 0.2) is 0 Å². The molecule has 0 spiro atoms. The van der Waals surface area contributed by atoms with Crippen molar-refractivity contribution in [2.75, 3.05) is 26.2 Å². The number of nitrogens with zero attached hydrogens (tertiary/aromatic N) is 3. The summed E-state index contributed by atoms with van der Waals surface area (Å²) in [6.45, 7) is 5.20. The van der Waals surface area contributed by atoms with Gasteiger partial charge in [0, 0.05) is 32.4 Å². The van der Waals surface area contributed by atoms with Gasteiger partial charge in [0.05, 0.1) is 10.7 Å². The molecule has 2 rings (SSSR count). The van der Waals surface area contributed by atoms with Crippen LogP contribution in [0, 0.1) is 0 Å². The summed E-state index contributed by atoms with van der Waals surface area (Å²) in [6, 6.07) is -0.232. The zero-order chi connectivity index (χ0) is 11.5. The molecular weight excluding hydrogens is 272 g/mol. The van der Waals surface area contributed by atoms with E-state index in [1.165, 1.54) is 0 Å². The quantitative estimate of drug-likeness (QED) is 0.868. The predicted octanol–water partition coefficient (Wildman–Crippen LogP) is 0.638. The Hall–Kier alpha value is -0.880. The molecule has 0 radical (unpaired) electrons. The molecule has 1 atom stereocenters. The van der Waals surface area contributed by atoms with Crippen molar-refractivity contribution in [2.24, 2.45) is 0 Å². The SMILES string of the molecule is CC(C(=O)N1CCNCC1)n1cc(Br)cn1. The van der Waals surface area contributed by atoms with Crippen molar-refractivity contribution in [1.82, 2.24) is 20.0 Å². The molecule has 1 saturated heterocycles. The summed E-state index contributed by atoms with van der Waals surface area (Å²) < 4.78 is 2.58. The smallest absolute Gasteiger partial charge is 0.247 e. The van der Waals surface area contributed by atoms with Gasteiger partial charge in [-0.1, -0.05) is 0 Å². The number of carbonyl (C=O) groups is 1. The molecule has 0 aliphatic carbocycles. The molecule has 1 aromatic rings. The van der Waals surface area contributed by atoms with Crippen LogP contribution in [0.5, 0.6) is 0 Å². The molecule has 0 saturated carbocycles. The van der Waals surface area contributed by atoms with Crippen LogP contribution in [0.15, 0.2) is 16.9 Å². The number of nitrogens with one attached hydrogen (secondary N) is 1. The first kappa shape index (κ1) is 11.6. The number of rotatable bonds is 2. The highest BCUT2D eigenvalue weighted by Gasteiger charge is 2.23. The maximum Gasteiger partial charge on any atom is 0.247 e. The van der Waals surface area contributed by atoms with Crippen LogP contribution in [0.1, 0.15) is 13.0 Å². The van der Waals surface area contributed by atoms with Crippen LogP contribution >= 0.6 is 15.9 Å². The Morgan fingerprint density at radius 1 is 1.56 bits per heavy atom. The number of hydrogen-bond donors (Lipinski definition) is 1. The van der Waals surface area contributed by atoms with Crippen molar-refractivity contribution >= 4 is 21.8 Å². The van der Waals surface area contributed by atoms with E-state index in [-0.39, 0.29) is 11.9 Å². The minimum atomic E-state index is -0.232. The van der Waals surface area contributed by atoms with Gasteiger partial charge in [-0.25, -0.2) is 0 Å². The highest BCUT2D eigenvalue weighted by atomic mass is 79.9. The molecule has 6 heteroatoms. The van der Waals surface area contributed by atoms with E-state index >= 15 is 0 Å². The lowest BCUT2D eigenvalue weighted by molar-refractivity contribution is -0.135. The zero-order valence-electron chi connectivity index (χ0n) is 9.19. The van der Waals surface area contributed by atoms with Crippen molar-refractivity contribution < 1.29 is 4.79 Å². The first-order valence-electron chi connectivity index (χ1n) is 5.37. The largest absolute Gasteiger partial charge is 0.338 e. The van der Waals surface area contributed by atoms with Gasteiger partial charge in [-0.2, -0.15) is 5.10 Å². The van der Waals surface area contributed by atoms with Gasteiger partial charge >= 0.3 is 0 Å². The Bertz CT molecular complexity index is 373. The number of carbonyl (C=O) groups excluding carboxylic acids is 1. The molecule has 0 bridgehead atoms. The van der Waals surface area contributed by atoms with E-state index < -0.39 is 0 Å². The molecule has 0 aromatic carbocycles. The van der Waals surface area contributed by atoms with Gasteiger partial charge in [0.2, 0.25) is 5.91 Å². The molecule has 5 nitrogen and oxygen atoms in total. The van der Waals surface area contributed by atoms with Crippen LogP contribution in [-0.2, 0) is 4.79 Å². The second-order valence-electron chi connectivity index (χ2n) is 3.89. The lowest BCUT2D eigenvalue weighted by Gasteiger charge is -2.29. The summed E-state index contributed by atoms with van der Waals surface area (Å²) in [4.78, 5) is 14.0. The van der Waals surface area contributed by atoms with Gasteiger partial charge < -0.3 is 10.2 Å². The first-order chi connectivity index (χ1) is 7.68. The lowest BCUT2D eigenvalue weighted by atomic mass is 10.2. The third kappa shape index (κ3) is 2.44. The number of piperazine rings is 1. The van der Waals surface area contributed by atoms with E-state index in [0.717, 1.165) is 30.7 Å². The fraction of sp³-hybridized carbons (Fsp3) is 0.600. The molecule has 2 heterocycles. The van der Waals surface area contributed by atoms with Crippen molar-refractivity contribution in [3.05, 3.63) is 16.9 Å². The minimum absolute atomic E-state index is 0.136. The molecular formula is C10H15BrN4O. The standard InChI is InChI=1S/C10H15BrN4O/c1-8(15-7-9(11)6-13-15)10(16)14-4-2-12-3-5-14/h6-8,12H,2-5H2,1H3. The van der Waals surface area contributed by atoms with Crippen molar-refractivity contribution in [3.63, 3.8) is 0 Å². The molecule has 1 N–H and O–H groups in total. The van der Waals surface area contributed by atoms with E-state index in [0.29, 0.717) is 0 Å². The number of halogens is 1. The average Bonchev–Trinajstić information content (AvgIpc) is 2.75. The third-order valence-corrected chi connectivity index (χ3v) is 3.16. The maximum absolute atomic E-state index is 12.1. The van der Waals surface area contributed by atoms with Crippen molar-refractivity contribution in [3.8, 4) is 0 Å². The number of amides is 1. The molecule has 1 amide bonds. The molecule has 1 fully saturated rings. The van der Waals surface area contributed by atoms with E-state index in [9.17, 15) is 4.79 Å². The van der Waals surface area contributed by atoms with Crippen LogP contribution in [0.2, 0.25) is 0 Å². The molecule has 1 aromatic heterocycles. The average molecular weight is 287 g/mol. The molecule has 1 aliphatic heterocycles. The molecule has 16 heavy (non-hydrogen) atoms. The van der Waals surface area contributed by atoms with Crippen molar-refractivity contribution in [2.45, 2.75) is 13.0 Å². The van der Waals surface area contributed by atoms with Gasteiger partial charge in [0.25, 0.3) is 0 Å². The summed E-state index contributed by atoms with van der Waals surface area (Å²) in [5.74, 6) is 0.136. The summed E-state index contributed by atoms with van der Waals surface area (Å²) in [6.07, 6.45) is 3.52. The second-order valence-corrected chi connectivity index (χ2v) is 4.81. The van der Waals surface area contributed by atoms with E-state index in [1.54, 1.807) is 10.9 Å². The monoisotopic (exact) mass is 286 g/mol. The van der Waals surface area contributed by atoms with Crippen LogP contribution in [0.25, 0.3) is 0 Å². The van der Waals surface area contributed by atoms with Crippen LogP contribution < -0.4 is 5.32 Å². The Morgan fingerprint density at radius 3 is 2.81 bits per heavy atom. The van der Waals surface area contributed by atoms with Gasteiger partial charge in [-0.05, 0) is 22.9 Å². The van der Waals surface area contributed by atoms with Gasteiger partial charge in [0.1, 0.15) is 6.04 Å². The first-order valence-corrected chi connectivity index (χ1v) is 6.17. The second kappa shape index (κ2) is 4.97. The Kier molecular flexibility index (Phi) is 3.60. The Balaban J connectivity index is 2.03. The zero-order valence-corrected chi connectivity index (χ0v) is 10.8. The van der Waals surface area contributed by atoms with E-state index in [2.05, 4.69) is 26.3 Å². The highest BCUT2D eigenvalue weighted by molar-refractivity contribution is 9.10. The fourth-order valence-corrected chi connectivity index (χ4v) is 2.09. The summed E-state index contributed by atoms with van der Waals surface area (Å²) in [5.41, 5.74) is 0. The van der Waals surface area contributed by atoms with Crippen LogP contribution in [0.3, 0.4) is 0 Å². The number of hydrogen-bond acceptors (Lipinski definition) is 3. The minimum Gasteiger partial charge on any atom is -0.338 e. The normalized spacial score (nSPS) is 18.5. The Labute approximate surface area is 103 Å². The van der Waals surface area contributed by atoms with E-state index in [1.807, 2.05) is 18.0 Å². The maximum atomic E-state index is 12.1. The van der Waals surface area contributed by atoms with Gasteiger partial charge in [-0.15, -0.1) is 0 Å². The van der Waals surface area contributed by atoms with Crippen LogP contribution in [0.4, 0.5) is 0 Å². The predicted molar refractivity (Wildman–Crippen MR) is 64.1 cm³/mol. The molecule has 1 aliphatic rings. The van der Waals surface area contributed by atoms with Crippen molar-refractivity contribution in [1.29, 1.82) is 0 Å². The number of aromatic nitrogens is 2. The summed E-state index contributed by atoms with van der Waals surface area (Å²) in [5, 5.41) is 7.37. The molecule has 88 valence electrons. The lowest BCUT2D eigenvalue weighted by Crippen LogP contribution is -2.48. The highest BCUT2D eigenvalue weighted by Crippen LogP contribution is 2.14. The molecule has 1 unspecified atom stereocenters. The summed E-state index contributed by atoms with van der Waals surface area (Å²) >= 11 is 3.33. The van der Waals surface area contributed by atoms with Crippen LogP contribution in [-0.4, -0.2) is 46.8 Å². The Morgan fingerprint density at radius 2 is 2.25 bits per heavy atom. The third-order valence-electron chi connectivity index (χ3n) is 2.75. The fourth-order valence-electron chi connectivity index (χ4n) is 1.79. The van der Waals surface area contributed by atoms with Gasteiger partial charge in [-0.3, -0.25) is 9.48 Å². The summed E-state index contributed by atoms with van der Waals surface area (Å²) in [7, 11) is 0.